The van der Waals surface area contributed by atoms with Crippen molar-refractivity contribution in [3.63, 3.8) is 0 Å². The number of amides is 1. The van der Waals surface area contributed by atoms with Crippen molar-refractivity contribution in [1.29, 1.82) is 0 Å². The van der Waals surface area contributed by atoms with Gasteiger partial charge in [-0.1, -0.05) is 54.6 Å². The molecule has 0 radical (unpaired) electrons. The van der Waals surface area contributed by atoms with Crippen molar-refractivity contribution in [3.8, 4) is 0 Å². The Labute approximate surface area is 168 Å². The molecule has 7 heteroatoms. The van der Waals surface area contributed by atoms with Crippen LogP contribution in [0.4, 0.5) is 0 Å². The molecule has 1 saturated heterocycles. The molecular formula is C20H41NO4Si2. The molecule has 158 valence electrons. The SMILES string of the molecule is CC(=C(O)O)[C@@H]1[C@@H]([C@@H](C)O[Si](C)(C)C(C)(C)C)C(=O)N1[Si](C)(C)C(C)(C)C. The topological polar surface area (TPSA) is 70.0 Å². The normalized spacial score (nSPS) is 23.1. The van der Waals surface area contributed by atoms with Crippen LogP contribution < -0.4 is 0 Å². The lowest BCUT2D eigenvalue weighted by Gasteiger charge is -2.60. The number of hydrogen-bond donors (Lipinski definition) is 2. The van der Waals surface area contributed by atoms with Crippen LogP contribution in [0.15, 0.2) is 11.5 Å². The maximum absolute atomic E-state index is 13.3. The van der Waals surface area contributed by atoms with E-state index in [1.807, 2.05) is 11.5 Å². The summed E-state index contributed by atoms with van der Waals surface area (Å²) in [7, 11) is -4.20. The zero-order valence-corrected chi connectivity index (χ0v) is 21.4. The molecule has 1 aliphatic rings. The summed E-state index contributed by atoms with van der Waals surface area (Å²) in [4.78, 5) is 13.3. The lowest BCUT2D eigenvalue weighted by molar-refractivity contribution is -0.152. The molecule has 3 atom stereocenters. The molecule has 0 aromatic rings. The standard InChI is InChI=1S/C20H41NO4Si2/c1-13(18(23)24)16-15(14(2)25-27(11,12)20(6,7)8)17(22)21(16)26(9,10)19(3,4)5/h14-16,23-24H,1-12H3/t14-,15-,16-/m1/s1. The fourth-order valence-corrected chi connectivity index (χ4v) is 7.17. The van der Waals surface area contributed by atoms with Gasteiger partial charge in [-0.2, -0.15) is 0 Å². The second kappa shape index (κ2) is 7.23. The molecule has 1 fully saturated rings. The Morgan fingerprint density at radius 2 is 1.48 bits per heavy atom. The summed E-state index contributed by atoms with van der Waals surface area (Å²) in [5.74, 6) is -0.971. The minimum absolute atomic E-state index is 0.0270. The van der Waals surface area contributed by atoms with E-state index in [4.69, 9.17) is 4.43 Å². The molecule has 1 amide bonds. The zero-order valence-electron chi connectivity index (χ0n) is 19.4. The molecule has 0 unspecified atom stereocenters. The Morgan fingerprint density at radius 1 is 1.04 bits per heavy atom. The van der Waals surface area contributed by atoms with Gasteiger partial charge in [0.15, 0.2) is 16.6 Å². The quantitative estimate of drug-likeness (QED) is 0.349. The highest BCUT2D eigenvalue weighted by Crippen LogP contribution is 2.48. The van der Waals surface area contributed by atoms with Crippen LogP contribution in [0, 0.1) is 5.92 Å². The zero-order chi connectivity index (χ0) is 21.7. The Balaban J connectivity index is 3.30. The number of β-lactam (4-membered cyclic amide) rings is 1. The Bertz CT molecular complexity index is 610. The molecule has 0 aromatic heterocycles. The van der Waals surface area contributed by atoms with Crippen molar-refractivity contribution in [2.75, 3.05) is 0 Å². The number of carbonyl (C=O) groups excluding carboxylic acids is 1. The number of carbonyl (C=O) groups is 1. The average molecular weight is 416 g/mol. The molecule has 1 heterocycles. The van der Waals surface area contributed by atoms with Crippen molar-refractivity contribution < 1.29 is 19.4 Å². The minimum Gasteiger partial charge on any atom is -0.481 e. The molecule has 0 aromatic carbocycles. The third-order valence-electron chi connectivity index (χ3n) is 7.17. The van der Waals surface area contributed by atoms with Gasteiger partial charge in [0.1, 0.15) is 0 Å². The summed E-state index contributed by atoms with van der Waals surface area (Å²) in [5, 5.41) is 19.6. The van der Waals surface area contributed by atoms with Crippen molar-refractivity contribution in [2.24, 2.45) is 5.92 Å². The summed E-state index contributed by atoms with van der Waals surface area (Å²) in [6.45, 7) is 25.4. The van der Waals surface area contributed by atoms with E-state index in [2.05, 4.69) is 67.7 Å². The van der Waals surface area contributed by atoms with E-state index >= 15 is 0 Å². The minimum atomic E-state index is -2.16. The molecule has 0 spiro atoms. The van der Waals surface area contributed by atoms with E-state index < -0.39 is 22.5 Å². The predicted octanol–water partition coefficient (Wildman–Crippen LogP) is 5.58. The Kier molecular flexibility index (Phi) is 6.49. The summed E-state index contributed by atoms with van der Waals surface area (Å²) in [6.07, 6.45) is -0.265. The molecular weight excluding hydrogens is 374 g/mol. The molecule has 0 bridgehead atoms. The summed E-state index contributed by atoms with van der Waals surface area (Å²) in [6, 6.07) is -0.317. The van der Waals surface area contributed by atoms with Crippen LogP contribution in [-0.4, -0.2) is 49.4 Å². The molecule has 5 nitrogen and oxygen atoms in total. The maximum Gasteiger partial charge on any atom is 0.275 e. The smallest absolute Gasteiger partial charge is 0.275 e. The summed E-state index contributed by atoms with van der Waals surface area (Å²) >= 11 is 0. The number of rotatable bonds is 5. The second-order valence-electron chi connectivity index (χ2n) is 11.1. The molecule has 27 heavy (non-hydrogen) atoms. The van der Waals surface area contributed by atoms with Crippen LogP contribution >= 0.6 is 0 Å². The highest BCUT2D eigenvalue weighted by molar-refractivity contribution is 6.80. The van der Waals surface area contributed by atoms with E-state index in [-0.39, 0.29) is 34.0 Å². The fourth-order valence-electron chi connectivity index (χ4n) is 3.26. The number of aliphatic hydroxyl groups excluding tert-OH is 1. The molecule has 1 rings (SSSR count). The molecule has 0 aliphatic carbocycles. The van der Waals surface area contributed by atoms with Gasteiger partial charge in [-0.15, -0.1) is 0 Å². The van der Waals surface area contributed by atoms with E-state index in [1.165, 1.54) is 0 Å². The van der Waals surface area contributed by atoms with Gasteiger partial charge in [-0.05, 0) is 37.0 Å². The Hall–Kier alpha value is -0.796. The van der Waals surface area contributed by atoms with Gasteiger partial charge in [0.25, 0.3) is 5.95 Å². The lowest BCUT2D eigenvalue weighted by Crippen LogP contribution is -2.75. The van der Waals surface area contributed by atoms with Gasteiger partial charge < -0.3 is 19.2 Å². The third-order valence-corrected chi connectivity index (χ3v) is 17.1. The van der Waals surface area contributed by atoms with Crippen molar-refractivity contribution in [3.05, 3.63) is 11.5 Å². The van der Waals surface area contributed by atoms with Gasteiger partial charge in [0.05, 0.1) is 18.1 Å². The highest BCUT2D eigenvalue weighted by Gasteiger charge is 2.60. The third kappa shape index (κ3) is 4.30. The van der Waals surface area contributed by atoms with Gasteiger partial charge in [-0.3, -0.25) is 4.79 Å². The molecule has 0 saturated carbocycles. The number of aliphatic hydroxyl groups is 2. The van der Waals surface area contributed by atoms with E-state index in [0.29, 0.717) is 5.57 Å². The van der Waals surface area contributed by atoms with Crippen LogP contribution in [0.3, 0.4) is 0 Å². The van der Waals surface area contributed by atoms with Crippen LogP contribution in [0.2, 0.25) is 36.3 Å². The van der Waals surface area contributed by atoms with Crippen LogP contribution in [0.25, 0.3) is 0 Å². The number of hydrogen-bond acceptors (Lipinski definition) is 4. The fraction of sp³-hybridized carbons (Fsp3) is 0.850. The van der Waals surface area contributed by atoms with Crippen molar-refractivity contribution >= 4 is 22.5 Å². The number of nitrogens with zero attached hydrogens (tertiary/aromatic N) is 1. The van der Waals surface area contributed by atoms with Gasteiger partial charge in [0, 0.05) is 5.57 Å². The summed E-state index contributed by atoms with van der Waals surface area (Å²) in [5.41, 5.74) is 0.454. The van der Waals surface area contributed by atoms with E-state index in [0.717, 1.165) is 0 Å². The largest absolute Gasteiger partial charge is 0.481 e. The average Bonchev–Trinajstić information content (AvgIpc) is 2.40. The first-order valence-corrected chi connectivity index (χ1v) is 15.7. The summed E-state index contributed by atoms with van der Waals surface area (Å²) < 4.78 is 8.45. The van der Waals surface area contributed by atoms with Crippen LogP contribution in [0.1, 0.15) is 55.4 Å². The second-order valence-corrected chi connectivity index (χ2v) is 20.9. The first-order chi connectivity index (χ1) is 11.8. The Morgan fingerprint density at radius 3 is 1.81 bits per heavy atom. The van der Waals surface area contributed by atoms with Crippen molar-refractivity contribution in [1.82, 2.24) is 4.57 Å². The van der Waals surface area contributed by atoms with Gasteiger partial charge >= 0.3 is 0 Å². The van der Waals surface area contributed by atoms with Crippen LogP contribution in [-0.2, 0) is 9.22 Å². The lowest BCUT2D eigenvalue weighted by atomic mass is 9.82. The monoisotopic (exact) mass is 415 g/mol. The van der Waals surface area contributed by atoms with Gasteiger partial charge in [-0.25, -0.2) is 0 Å². The maximum atomic E-state index is 13.3. The predicted molar refractivity (Wildman–Crippen MR) is 117 cm³/mol. The molecule has 1 aliphatic heterocycles. The van der Waals surface area contributed by atoms with Crippen molar-refractivity contribution in [2.45, 2.75) is 104 Å². The van der Waals surface area contributed by atoms with Crippen LogP contribution in [0.5, 0.6) is 0 Å². The molecule has 2 N–H and O–H groups in total. The van der Waals surface area contributed by atoms with E-state index in [1.54, 1.807) is 6.92 Å². The first kappa shape index (κ1) is 24.2. The van der Waals surface area contributed by atoms with E-state index in [9.17, 15) is 15.0 Å². The highest BCUT2D eigenvalue weighted by atomic mass is 28.4. The first-order valence-electron chi connectivity index (χ1n) is 9.87. The van der Waals surface area contributed by atoms with Gasteiger partial charge in [0.2, 0.25) is 5.91 Å².